The average molecular weight is 455 g/mol. The number of amides is 2. The van der Waals surface area contributed by atoms with E-state index in [1.807, 2.05) is 0 Å². The van der Waals surface area contributed by atoms with E-state index in [-0.39, 0.29) is 46.6 Å². The first kappa shape index (κ1) is 23.9. The van der Waals surface area contributed by atoms with E-state index in [1.165, 1.54) is 12.4 Å². The summed E-state index contributed by atoms with van der Waals surface area (Å²) in [6, 6.07) is 1.62. The van der Waals surface area contributed by atoms with Crippen LogP contribution in [0.1, 0.15) is 63.6 Å². The molecular formula is C22H30N8O3. The molecule has 1 aliphatic carbocycles. The summed E-state index contributed by atoms with van der Waals surface area (Å²) in [5.41, 5.74) is 17.7. The molecule has 2 aromatic rings. The minimum Gasteiger partial charge on any atom is -0.396 e. The maximum absolute atomic E-state index is 12.4. The lowest BCUT2D eigenvalue weighted by molar-refractivity contribution is -0.116. The summed E-state index contributed by atoms with van der Waals surface area (Å²) in [4.78, 5) is 36.8. The molecule has 1 saturated carbocycles. The zero-order chi connectivity index (χ0) is 24.2. The van der Waals surface area contributed by atoms with E-state index in [4.69, 9.17) is 21.7 Å². The molecule has 0 radical (unpaired) electrons. The molecule has 1 fully saturated rings. The molecule has 2 aromatic heterocycles. The van der Waals surface area contributed by atoms with E-state index in [2.05, 4.69) is 32.4 Å². The molecular weight excluding hydrogens is 424 g/mol. The average Bonchev–Trinajstić information content (AvgIpc) is 3.38. The Kier molecular flexibility index (Phi) is 7.10. The summed E-state index contributed by atoms with van der Waals surface area (Å²) >= 11 is 0. The lowest BCUT2D eigenvalue weighted by Crippen LogP contribution is -2.30. The Morgan fingerprint density at radius 2 is 1.88 bits per heavy atom. The molecule has 2 heterocycles. The number of hydrogen-bond acceptors (Lipinski definition) is 8. The number of carbonyl (C=O) groups is 2. The van der Waals surface area contributed by atoms with E-state index >= 15 is 0 Å². The quantitative estimate of drug-likeness (QED) is 0.261. The molecule has 0 unspecified atom stereocenters. The van der Waals surface area contributed by atoms with Crippen molar-refractivity contribution in [3.63, 3.8) is 0 Å². The number of carbonyl (C=O) groups excluding carboxylic acids is 2. The van der Waals surface area contributed by atoms with Crippen molar-refractivity contribution in [2.24, 2.45) is 22.2 Å². The molecule has 11 heteroatoms. The highest BCUT2D eigenvalue weighted by molar-refractivity contribution is 6.24. The van der Waals surface area contributed by atoms with Gasteiger partial charge in [0, 0.05) is 23.7 Å². The smallest absolute Gasteiger partial charge is 0.254 e. The number of nitrogens with two attached hydrogens (primary N) is 3. The van der Waals surface area contributed by atoms with Crippen LogP contribution < -0.4 is 22.5 Å². The van der Waals surface area contributed by atoms with Crippen molar-refractivity contribution in [1.29, 1.82) is 0 Å². The number of amidine groups is 1. The van der Waals surface area contributed by atoms with E-state index < -0.39 is 5.91 Å². The van der Waals surface area contributed by atoms with Gasteiger partial charge in [-0.15, -0.1) is 0 Å². The molecule has 7 N–H and O–H groups in total. The summed E-state index contributed by atoms with van der Waals surface area (Å²) in [6.07, 6.45) is 7.11. The van der Waals surface area contributed by atoms with Crippen LogP contribution in [0.5, 0.6) is 0 Å². The Bertz CT molecular complexity index is 1080. The molecule has 11 nitrogen and oxygen atoms in total. The van der Waals surface area contributed by atoms with Crippen molar-refractivity contribution in [3.05, 3.63) is 41.2 Å². The Balaban J connectivity index is 1.68. The molecule has 0 saturated heterocycles. The van der Waals surface area contributed by atoms with Gasteiger partial charge in [0.05, 0.1) is 24.0 Å². The van der Waals surface area contributed by atoms with Gasteiger partial charge in [-0.3, -0.25) is 24.5 Å². The fraction of sp³-hybridized carbons (Fsp3) is 0.455. The Labute approximate surface area is 191 Å². The van der Waals surface area contributed by atoms with Gasteiger partial charge >= 0.3 is 0 Å². The normalized spacial score (nSPS) is 16.5. The SMILES string of the molecule is CC(C)N=C(N)/C(C(N)=O)=C(\N)c1cnc(CC(=O)Nc2cc(C3(C)CCCC3)on2)cn1. The second-order valence-electron chi connectivity index (χ2n) is 8.72. The topological polar surface area (TPSA) is 188 Å². The minimum absolute atomic E-state index is 0.0300. The number of anilines is 1. The Hall–Kier alpha value is -3.76. The Morgan fingerprint density at radius 3 is 2.45 bits per heavy atom. The van der Waals surface area contributed by atoms with Crippen molar-refractivity contribution in [3.8, 4) is 0 Å². The molecule has 2 amide bonds. The van der Waals surface area contributed by atoms with Crippen LogP contribution in [0.3, 0.4) is 0 Å². The molecule has 176 valence electrons. The van der Waals surface area contributed by atoms with Crippen LogP contribution in [0.4, 0.5) is 5.82 Å². The summed E-state index contributed by atoms with van der Waals surface area (Å²) in [7, 11) is 0. The second-order valence-corrected chi connectivity index (χ2v) is 8.72. The van der Waals surface area contributed by atoms with Crippen molar-refractivity contribution in [2.75, 3.05) is 5.32 Å². The molecule has 0 spiro atoms. The standard InChI is InChI=1S/C22H30N8O3/c1-12(2)28-20(24)18(21(25)32)19(23)14-11-26-13(10-27-14)8-17(31)29-16-9-15(33-30-16)22(3)6-4-5-7-22/h9-12H,4-8,23H2,1-3H3,(H2,24,28)(H2,25,32)(H,29,30,31)/b19-18+. The summed E-state index contributed by atoms with van der Waals surface area (Å²) in [6.45, 7) is 5.75. The number of hydrogen-bond donors (Lipinski definition) is 4. The van der Waals surface area contributed by atoms with Gasteiger partial charge in [-0.1, -0.05) is 24.9 Å². The number of nitrogens with zero attached hydrogens (tertiary/aromatic N) is 4. The lowest BCUT2D eigenvalue weighted by atomic mass is 9.86. The van der Waals surface area contributed by atoms with Gasteiger partial charge in [0.25, 0.3) is 5.91 Å². The van der Waals surface area contributed by atoms with Crippen molar-refractivity contribution in [1.82, 2.24) is 15.1 Å². The first-order chi connectivity index (χ1) is 15.6. The van der Waals surface area contributed by atoms with Gasteiger partial charge in [-0.25, -0.2) is 0 Å². The molecule has 1 aliphatic rings. The number of nitrogens with one attached hydrogen (secondary N) is 1. The van der Waals surface area contributed by atoms with Crippen LogP contribution in [0.25, 0.3) is 5.70 Å². The van der Waals surface area contributed by atoms with E-state index in [1.54, 1.807) is 19.9 Å². The molecule has 0 aromatic carbocycles. The number of aliphatic imine (C=N–C) groups is 1. The molecule has 0 aliphatic heterocycles. The second kappa shape index (κ2) is 9.80. The lowest BCUT2D eigenvalue weighted by Gasteiger charge is -2.18. The molecule has 33 heavy (non-hydrogen) atoms. The highest BCUT2D eigenvalue weighted by Crippen LogP contribution is 2.41. The van der Waals surface area contributed by atoms with Gasteiger partial charge in [-0.05, 0) is 26.7 Å². The van der Waals surface area contributed by atoms with Gasteiger partial charge < -0.3 is 27.0 Å². The predicted octanol–water partition coefficient (Wildman–Crippen LogP) is 1.40. The highest BCUT2D eigenvalue weighted by Gasteiger charge is 2.34. The van der Waals surface area contributed by atoms with Crippen LogP contribution in [0.2, 0.25) is 0 Å². The van der Waals surface area contributed by atoms with E-state index in [0.717, 1.165) is 31.4 Å². The van der Waals surface area contributed by atoms with Crippen LogP contribution >= 0.6 is 0 Å². The van der Waals surface area contributed by atoms with Gasteiger partial charge in [-0.2, -0.15) is 0 Å². The predicted molar refractivity (Wildman–Crippen MR) is 124 cm³/mol. The Morgan fingerprint density at radius 1 is 1.18 bits per heavy atom. The fourth-order valence-electron chi connectivity index (χ4n) is 3.82. The summed E-state index contributed by atoms with van der Waals surface area (Å²) in [5.74, 6) is -0.0574. The van der Waals surface area contributed by atoms with Gasteiger partial charge in [0.15, 0.2) is 5.82 Å². The largest absolute Gasteiger partial charge is 0.396 e. The summed E-state index contributed by atoms with van der Waals surface area (Å²) in [5, 5.41) is 6.68. The van der Waals surface area contributed by atoms with Crippen molar-refractivity contribution >= 4 is 29.2 Å². The van der Waals surface area contributed by atoms with Crippen LogP contribution in [-0.2, 0) is 21.4 Å². The van der Waals surface area contributed by atoms with Gasteiger partial charge in [0.1, 0.15) is 22.9 Å². The first-order valence-electron chi connectivity index (χ1n) is 10.8. The third kappa shape index (κ3) is 5.73. The first-order valence-corrected chi connectivity index (χ1v) is 10.8. The third-order valence-electron chi connectivity index (χ3n) is 5.57. The minimum atomic E-state index is -0.821. The number of rotatable bonds is 8. The van der Waals surface area contributed by atoms with Crippen LogP contribution in [-0.4, -0.2) is 38.8 Å². The number of aromatic nitrogens is 3. The number of primary amides is 1. The zero-order valence-electron chi connectivity index (χ0n) is 19.1. The van der Waals surface area contributed by atoms with Gasteiger partial charge in [0.2, 0.25) is 5.91 Å². The van der Waals surface area contributed by atoms with Crippen LogP contribution in [0.15, 0.2) is 33.5 Å². The molecule has 0 bridgehead atoms. The zero-order valence-corrected chi connectivity index (χ0v) is 19.1. The summed E-state index contributed by atoms with van der Waals surface area (Å²) < 4.78 is 5.46. The molecule has 0 atom stereocenters. The highest BCUT2D eigenvalue weighted by atomic mass is 16.5. The van der Waals surface area contributed by atoms with Crippen molar-refractivity contribution in [2.45, 2.75) is 64.3 Å². The monoisotopic (exact) mass is 454 g/mol. The van der Waals surface area contributed by atoms with Crippen LogP contribution in [0, 0.1) is 0 Å². The fourth-order valence-corrected chi connectivity index (χ4v) is 3.82. The molecule has 3 rings (SSSR count). The van der Waals surface area contributed by atoms with E-state index in [0.29, 0.717) is 11.5 Å². The maximum Gasteiger partial charge on any atom is 0.254 e. The van der Waals surface area contributed by atoms with Crippen molar-refractivity contribution < 1.29 is 14.1 Å². The van der Waals surface area contributed by atoms with E-state index in [9.17, 15) is 9.59 Å². The maximum atomic E-state index is 12.4. The third-order valence-corrected chi connectivity index (χ3v) is 5.57.